The average Bonchev–Trinajstić information content (AvgIpc) is 2.99. The van der Waals surface area contributed by atoms with Crippen molar-refractivity contribution in [2.75, 3.05) is 26.4 Å². The Morgan fingerprint density at radius 1 is 0.720 bits per heavy atom. The van der Waals surface area contributed by atoms with Gasteiger partial charge in [0, 0.05) is 0 Å². The van der Waals surface area contributed by atoms with Gasteiger partial charge < -0.3 is 28.4 Å². The van der Waals surface area contributed by atoms with Crippen LogP contribution in [0, 0.1) is 0 Å². The normalized spacial score (nSPS) is 26.8. The quantitative estimate of drug-likeness (QED) is 0.558. The monoisotopic (exact) mass is 358 g/mol. The highest BCUT2D eigenvalue weighted by atomic mass is 16.9. The van der Waals surface area contributed by atoms with Crippen molar-refractivity contribution in [3.8, 4) is 0 Å². The van der Waals surface area contributed by atoms with Crippen LogP contribution in [-0.2, 0) is 28.4 Å². The molecule has 0 amide bonds. The van der Waals surface area contributed by atoms with E-state index in [0.29, 0.717) is 44.6 Å². The fraction of sp³-hybridized carbons (Fsp3) is 0.882. The van der Waals surface area contributed by atoms with Crippen molar-refractivity contribution in [2.24, 2.45) is 9.98 Å². The Bertz CT molecular complexity index is 451. The summed E-state index contributed by atoms with van der Waals surface area (Å²) in [5.74, 6) is -1.44. The molecule has 8 heteroatoms. The predicted molar refractivity (Wildman–Crippen MR) is 92.5 cm³/mol. The minimum absolute atomic E-state index is 0.287. The lowest BCUT2D eigenvalue weighted by atomic mass is 10.3. The van der Waals surface area contributed by atoms with Gasteiger partial charge in [-0.15, -0.1) is 0 Å². The van der Waals surface area contributed by atoms with E-state index >= 15 is 0 Å². The molecule has 0 aromatic rings. The maximum Gasteiger partial charge on any atom is 0.351 e. The molecule has 0 saturated carbocycles. The standard InChI is InChI=1S/C17H30N2O6/c1-7-20-16(21-8-2)12(5)18-14(24-16)11-15-19-13(6)17(25-15,22-9-3)23-10-4/h12-13H,7-11H2,1-6H3/t12-,13-/m1/s1. The van der Waals surface area contributed by atoms with Crippen molar-refractivity contribution in [3.63, 3.8) is 0 Å². The lowest BCUT2D eigenvalue weighted by molar-refractivity contribution is -0.347. The van der Waals surface area contributed by atoms with Gasteiger partial charge in [0.15, 0.2) is 11.8 Å². The molecule has 8 nitrogen and oxygen atoms in total. The summed E-state index contributed by atoms with van der Waals surface area (Å²) in [6, 6.07) is -0.573. The highest BCUT2D eigenvalue weighted by molar-refractivity contribution is 5.98. The molecule has 2 heterocycles. The van der Waals surface area contributed by atoms with Gasteiger partial charge in [-0.3, -0.25) is 0 Å². The molecule has 2 atom stereocenters. The van der Waals surface area contributed by atoms with E-state index in [4.69, 9.17) is 28.4 Å². The molecule has 0 saturated heterocycles. The Balaban J connectivity index is 2.06. The summed E-state index contributed by atoms with van der Waals surface area (Å²) in [4.78, 5) is 9.02. The molecule has 2 aliphatic heterocycles. The van der Waals surface area contributed by atoms with E-state index < -0.39 is 11.9 Å². The Hall–Kier alpha value is -1.22. The highest BCUT2D eigenvalue weighted by Crippen LogP contribution is 2.33. The van der Waals surface area contributed by atoms with Gasteiger partial charge in [0.05, 0.1) is 32.8 Å². The van der Waals surface area contributed by atoms with Crippen molar-refractivity contribution >= 4 is 11.8 Å². The summed E-state index contributed by atoms with van der Waals surface area (Å²) in [5, 5.41) is 0. The first-order valence-electron chi connectivity index (χ1n) is 9.02. The zero-order chi connectivity index (χ0) is 18.5. The summed E-state index contributed by atoms with van der Waals surface area (Å²) in [5.41, 5.74) is 0. The van der Waals surface area contributed by atoms with E-state index in [-0.39, 0.29) is 12.1 Å². The maximum absolute atomic E-state index is 5.89. The summed E-state index contributed by atoms with van der Waals surface area (Å²) < 4.78 is 34.5. The van der Waals surface area contributed by atoms with Crippen molar-refractivity contribution in [1.29, 1.82) is 0 Å². The molecule has 0 spiro atoms. The molecule has 0 fully saturated rings. The van der Waals surface area contributed by atoms with Gasteiger partial charge in [-0.2, -0.15) is 0 Å². The third kappa shape index (κ3) is 4.13. The number of hydrogen-bond acceptors (Lipinski definition) is 8. The molecule has 2 aliphatic rings. The van der Waals surface area contributed by atoms with E-state index in [1.54, 1.807) is 0 Å². The van der Waals surface area contributed by atoms with Crippen molar-refractivity contribution in [2.45, 2.75) is 72.0 Å². The van der Waals surface area contributed by atoms with Crippen molar-refractivity contribution in [3.05, 3.63) is 0 Å². The second-order valence-electron chi connectivity index (χ2n) is 5.72. The lowest BCUT2D eigenvalue weighted by Gasteiger charge is -2.31. The number of aliphatic imine (C=N–C) groups is 2. The third-order valence-corrected chi connectivity index (χ3v) is 3.90. The van der Waals surface area contributed by atoms with E-state index in [1.165, 1.54) is 0 Å². The molecule has 2 rings (SSSR count). The number of hydrogen-bond donors (Lipinski definition) is 0. The molecule has 0 bridgehead atoms. The first-order valence-corrected chi connectivity index (χ1v) is 9.02. The Morgan fingerprint density at radius 3 is 1.32 bits per heavy atom. The molecular formula is C17H30N2O6. The topological polar surface area (TPSA) is 80.1 Å². The second kappa shape index (κ2) is 8.44. The molecule has 0 aromatic heterocycles. The van der Waals surface area contributed by atoms with Crippen LogP contribution in [-0.4, -0.2) is 62.3 Å². The first-order chi connectivity index (χ1) is 11.9. The van der Waals surface area contributed by atoms with Gasteiger partial charge in [0.25, 0.3) is 0 Å². The number of nitrogens with zero attached hydrogens (tertiary/aromatic N) is 2. The van der Waals surface area contributed by atoms with E-state index in [2.05, 4.69) is 9.98 Å². The van der Waals surface area contributed by atoms with Crippen LogP contribution in [0.2, 0.25) is 0 Å². The van der Waals surface area contributed by atoms with E-state index in [9.17, 15) is 0 Å². The lowest BCUT2D eigenvalue weighted by Crippen LogP contribution is -2.45. The molecule has 0 radical (unpaired) electrons. The van der Waals surface area contributed by atoms with Crippen LogP contribution >= 0.6 is 0 Å². The molecule has 0 aromatic carbocycles. The van der Waals surface area contributed by atoms with Gasteiger partial charge in [0.1, 0.15) is 12.1 Å². The van der Waals surface area contributed by atoms with E-state index in [1.807, 2.05) is 41.5 Å². The molecule has 144 valence electrons. The smallest absolute Gasteiger partial charge is 0.351 e. The Morgan fingerprint density at radius 2 is 1.04 bits per heavy atom. The largest absolute Gasteiger partial charge is 0.423 e. The van der Waals surface area contributed by atoms with Gasteiger partial charge >= 0.3 is 11.9 Å². The van der Waals surface area contributed by atoms with Gasteiger partial charge in [-0.1, -0.05) is 0 Å². The summed E-state index contributed by atoms with van der Waals surface area (Å²) >= 11 is 0. The van der Waals surface area contributed by atoms with Crippen LogP contribution in [0.15, 0.2) is 9.98 Å². The summed E-state index contributed by atoms with van der Waals surface area (Å²) in [6.07, 6.45) is 0.290. The molecule has 0 N–H and O–H groups in total. The van der Waals surface area contributed by atoms with Crippen molar-refractivity contribution < 1.29 is 28.4 Å². The van der Waals surface area contributed by atoms with Crippen LogP contribution in [0.1, 0.15) is 48.0 Å². The van der Waals surface area contributed by atoms with Crippen LogP contribution in [0.25, 0.3) is 0 Å². The number of rotatable bonds is 10. The minimum Gasteiger partial charge on any atom is -0.423 e. The fourth-order valence-corrected chi connectivity index (χ4v) is 2.92. The van der Waals surface area contributed by atoms with Crippen LogP contribution < -0.4 is 0 Å². The van der Waals surface area contributed by atoms with E-state index in [0.717, 1.165) is 0 Å². The van der Waals surface area contributed by atoms with Gasteiger partial charge in [-0.25, -0.2) is 9.98 Å². The molecule has 0 aliphatic carbocycles. The first kappa shape index (κ1) is 20.1. The summed E-state index contributed by atoms with van der Waals surface area (Å²) in [6.45, 7) is 13.2. The number of ether oxygens (including phenoxy) is 6. The Labute approximate surface area is 149 Å². The zero-order valence-corrected chi connectivity index (χ0v) is 16.0. The second-order valence-corrected chi connectivity index (χ2v) is 5.72. The molecule has 0 unspecified atom stereocenters. The van der Waals surface area contributed by atoms with Crippen LogP contribution in [0.4, 0.5) is 0 Å². The zero-order valence-electron chi connectivity index (χ0n) is 16.0. The fourth-order valence-electron chi connectivity index (χ4n) is 2.92. The SMILES string of the molecule is CCOC1(OCC)OC(CC2=N[C@H](C)C(OCC)(OCC)O2)=N[C@@H]1C. The Kier molecular flexibility index (Phi) is 6.79. The minimum atomic E-state index is -1.18. The van der Waals surface area contributed by atoms with Gasteiger partial charge in [-0.05, 0) is 41.5 Å². The van der Waals surface area contributed by atoms with Gasteiger partial charge in [0.2, 0.25) is 0 Å². The molecule has 25 heavy (non-hydrogen) atoms. The summed E-state index contributed by atoms with van der Waals surface area (Å²) in [7, 11) is 0. The van der Waals surface area contributed by atoms with Crippen LogP contribution in [0.3, 0.4) is 0 Å². The highest BCUT2D eigenvalue weighted by Gasteiger charge is 2.50. The predicted octanol–water partition coefficient (Wildman–Crippen LogP) is 2.46. The average molecular weight is 358 g/mol. The van der Waals surface area contributed by atoms with Crippen molar-refractivity contribution in [1.82, 2.24) is 0 Å². The third-order valence-electron chi connectivity index (χ3n) is 3.90. The molecular weight excluding hydrogens is 328 g/mol. The maximum atomic E-state index is 5.89. The van der Waals surface area contributed by atoms with Crippen LogP contribution in [0.5, 0.6) is 0 Å².